The van der Waals surface area contributed by atoms with E-state index in [-0.39, 0.29) is 12.1 Å². The van der Waals surface area contributed by atoms with Gasteiger partial charge in [-0.2, -0.15) is 0 Å². The van der Waals surface area contributed by atoms with Gasteiger partial charge in [0, 0.05) is 18.2 Å². The van der Waals surface area contributed by atoms with Crippen LogP contribution in [0, 0.1) is 0 Å². The number of nitrogens with two attached hydrogens (primary N) is 1. The Balaban J connectivity index is 2.10. The molecule has 4 heteroatoms. The molecule has 0 aliphatic heterocycles. The van der Waals surface area contributed by atoms with E-state index < -0.39 is 0 Å². The first-order valence-corrected chi connectivity index (χ1v) is 7.26. The molecule has 19 heavy (non-hydrogen) atoms. The van der Waals surface area contributed by atoms with E-state index in [0.717, 1.165) is 36.9 Å². The normalized spacial score (nSPS) is 23.5. The van der Waals surface area contributed by atoms with Crippen molar-refractivity contribution in [3.05, 3.63) is 35.4 Å². The average molecular weight is 278 g/mol. The number of aliphatic hydroxyl groups is 1. The number of hydrogen-bond acceptors (Lipinski definition) is 3. The van der Waals surface area contributed by atoms with Crippen molar-refractivity contribution in [2.45, 2.75) is 44.4 Å². The van der Waals surface area contributed by atoms with Crippen molar-refractivity contribution in [2.75, 3.05) is 7.05 Å². The van der Waals surface area contributed by atoms with Crippen molar-refractivity contribution >= 4 is 17.2 Å². The van der Waals surface area contributed by atoms with Gasteiger partial charge in [0.15, 0.2) is 0 Å². The molecular weight excluding hydrogens is 256 g/mol. The van der Waals surface area contributed by atoms with Crippen LogP contribution in [-0.2, 0) is 6.54 Å². The van der Waals surface area contributed by atoms with E-state index in [0.29, 0.717) is 4.99 Å². The number of aliphatic hydroxyl groups excluding tert-OH is 1. The van der Waals surface area contributed by atoms with Crippen LogP contribution in [-0.4, -0.2) is 34.2 Å². The minimum Gasteiger partial charge on any atom is -0.391 e. The lowest BCUT2D eigenvalue weighted by Crippen LogP contribution is -2.43. The van der Waals surface area contributed by atoms with Crippen molar-refractivity contribution in [1.29, 1.82) is 0 Å². The predicted octanol–water partition coefficient (Wildman–Crippen LogP) is 2.06. The highest BCUT2D eigenvalue weighted by molar-refractivity contribution is 7.80. The van der Waals surface area contributed by atoms with Crippen LogP contribution in [0.5, 0.6) is 0 Å². The Bertz CT molecular complexity index is 450. The number of hydrogen-bond donors (Lipinski definition) is 2. The summed E-state index contributed by atoms with van der Waals surface area (Å²) in [7, 11) is 2.07. The van der Waals surface area contributed by atoms with Crippen molar-refractivity contribution < 1.29 is 5.11 Å². The van der Waals surface area contributed by atoms with Crippen LogP contribution in [0.3, 0.4) is 0 Å². The summed E-state index contributed by atoms with van der Waals surface area (Å²) in [6.07, 6.45) is 4.09. The van der Waals surface area contributed by atoms with Gasteiger partial charge in [0.2, 0.25) is 0 Å². The van der Waals surface area contributed by atoms with Crippen LogP contribution in [0.1, 0.15) is 36.8 Å². The van der Waals surface area contributed by atoms with Crippen molar-refractivity contribution in [3.63, 3.8) is 0 Å². The van der Waals surface area contributed by atoms with Crippen LogP contribution >= 0.6 is 12.2 Å². The molecule has 0 bridgehead atoms. The lowest BCUT2D eigenvalue weighted by Gasteiger charge is -2.35. The summed E-state index contributed by atoms with van der Waals surface area (Å²) in [5.41, 5.74) is 7.83. The van der Waals surface area contributed by atoms with Crippen LogP contribution in [0.15, 0.2) is 24.3 Å². The summed E-state index contributed by atoms with van der Waals surface area (Å²) in [4.78, 5) is 2.66. The second-order valence-corrected chi connectivity index (χ2v) is 5.80. The summed E-state index contributed by atoms with van der Waals surface area (Å²) < 4.78 is 0. The van der Waals surface area contributed by atoms with Crippen molar-refractivity contribution in [1.82, 2.24) is 4.90 Å². The van der Waals surface area contributed by atoms with Gasteiger partial charge in [0.05, 0.1) is 6.10 Å². The Morgan fingerprint density at radius 1 is 1.37 bits per heavy atom. The van der Waals surface area contributed by atoms with Crippen molar-refractivity contribution in [2.24, 2.45) is 5.73 Å². The van der Waals surface area contributed by atoms with E-state index in [1.165, 1.54) is 6.42 Å². The highest BCUT2D eigenvalue weighted by atomic mass is 32.1. The Labute approximate surface area is 120 Å². The fraction of sp³-hybridized carbons (Fsp3) is 0.533. The van der Waals surface area contributed by atoms with Gasteiger partial charge < -0.3 is 10.8 Å². The SMILES string of the molecule is CN(Cc1ccccc1C(N)=S)C1CCCCC1O. The Kier molecular flexibility index (Phi) is 4.91. The first kappa shape index (κ1) is 14.4. The predicted molar refractivity (Wildman–Crippen MR) is 82.1 cm³/mol. The molecule has 0 aromatic heterocycles. The van der Waals surface area contributed by atoms with Crippen LogP contribution in [0.25, 0.3) is 0 Å². The van der Waals surface area contributed by atoms with E-state index in [9.17, 15) is 5.11 Å². The zero-order valence-electron chi connectivity index (χ0n) is 11.4. The highest BCUT2D eigenvalue weighted by Crippen LogP contribution is 2.24. The summed E-state index contributed by atoms with van der Waals surface area (Å²) in [6.45, 7) is 0.773. The summed E-state index contributed by atoms with van der Waals surface area (Å²) in [5.74, 6) is 0. The maximum atomic E-state index is 10.1. The van der Waals surface area contributed by atoms with Crippen LogP contribution in [0.4, 0.5) is 0 Å². The van der Waals surface area contributed by atoms with Gasteiger partial charge in [-0.3, -0.25) is 4.90 Å². The molecule has 2 rings (SSSR count). The number of nitrogens with zero attached hydrogens (tertiary/aromatic N) is 1. The molecule has 2 atom stereocenters. The molecular formula is C15H22N2OS. The van der Waals surface area contributed by atoms with Crippen molar-refractivity contribution in [3.8, 4) is 0 Å². The second kappa shape index (κ2) is 6.46. The Morgan fingerprint density at radius 2 is 2.05 bits per heavy atom. The zero-order chi connectivity index (χ0) is 13.8. The molecule has 1 fully saturated rings. The number of thiocarbonyl (C=S) groups is 1. The molecule has 0 saturated heterocycles. The van der Waals surface area contributed by atoms with Gasteiger partial charge in [0.1, 0.15) is 4.99 Å². The molecule has 104 valence electrons. The first-order chi connectivity index (χ1) is 9.09. The molecule has 1 saturated carbocycles. The lowest BCUT2D eigenvalue weighted by atomic mass is 9.91. The standard InChI is InChI=1S/C15H22N2OS/c1-17(13-8-4-5-9-14(13)18)10-11-6-2-3-7-12(11)15(16)19/h2-3,6-7,13-14,18H,4-5,8-10H2,1H3,(H2,16,19). The third-order valence-electron chi connectivity index (χ3n) is 3.96. The van der Waals surface area contributed by atoms with E-state index >= 15 is 0 Å². The molecule has 1 aromatic carbocycles. The number of benzene rings is 1. The molecule has 0 amide bonds. The van der Waals surface area contributed by atoms with E-state index in [1.807, 2.05) is 18.2 Å². The van der Waals surface area contributed by atoms with Gasteiger partial charge in [-0.05, 0) is 25.5 Å². The topological polar surface area (TPSA) is 49.5 Å². The maximum Gasteiger partial charge on any atom is 0.104 e. The number of likely N-dealkylation sites (N-methyl/N-ethyl adjacent to an activating group) is 1. The Hall–Kier alpha value is -0.970. The summed E-state index contributed by atoms with van der Waals surface area (Å²) in [6, 6.07) is 8.21. The first-order valence-electron chi connectivity index (χ1n) is 6.85. The van der Waals surface area contributed by atoms with Gasteiger partial charge in [-0.15, -0.1) is 0 Å². The molecule has 1 aliphatic carbocycles. The minimum atomic E-state index is -0.212. The molecule has 2 unspecified atom stereocenters. The molecule has 3 nitrogen and oxygen atoms in total. The lowest BCUT2D eigenvalue weighted by molar-refractivity contribution is 0.0288. The third kappa shape index (κ3) is 3.53. The van der Waals surface area contributed by atoms with Gasteiger partial charge in [-0.25, -0.2) is 0 Å². The fourth-order valence-corrected chi connectivity index (χ4v) is 3.09. The third-order valence-corrected chi connectivity index (χ3v) is 4.18. The van der Waals surface area contributed by atoms with E-state index in [4.69, 9.17) is 18.0 Å². The summed E-state index contributed by atoms with van der Waals surface area (Å²) >= 11 is 5.09. The highest BCUT2D eigenvalue weighted by Gasteiger charge is 2.26. The molecule has 0 radical (unpaired) electrons. The molecule has 3 N–H and O–H groups in total. The monoisotopic (exact) mass is 278 g/mol. The Morgan fingerprint density at radius 3 is 2.74 bits per heavy atom. The summed E-state index contributed by atoms with van der Waals surface area (Å²) in [5, 5.41) is 10.1. The number of rotatable bonds is 4. The van der Waals surface area contributed by atoms with E-state index in [1.54, 1.807) is 0 Å². The van der Waals surface area contributed by atoms with Crippen LogP contribution < -0.4 is 5.73 Å². The second-order valence-electron chi connectivity index (χ2n) is 5.36. The maximum absolute atomic E-state index is 10.1. The smallest absolute Gasteiger partial charge is 0.104 e. The van der Waals surface area contributed by atoms with Gasteiger partial charge in [0.25, 0.3) is 0 Å². The van der Waals surface area contributed by atoms with Gasteiger partial charge in [-0.1, -0.05) is 49.3 Å². The molecule has 0 heterocycles. The fourth-order valence-electron chi connectivity index (χ4n) is 2.89. The van der Waals surface area contributed by atoms with Gasteiger partial charge >= 0.3 is 0 Å². The molecule has 0 spiro atoms. The largest absolute Gasteiger partial charge is 0.391 e. The zero-order valence-corrected chi connectivity index (χ0v) is 12.2. The molecule has 1 aliphatic rings. The average Bonchev–Trinajstić information content (AvgIpc) is 2.39. The van der Waals surface area contributed by atoms with Crippen LogP contribution in [0.2, 0.25) is 0 Å². The minimum absolute atomic E-state index is 0.212. The quantitative estimate of drug-likeness (QED) is 0.828. The molecule has 1 aromatic rings. The van der Waals surface area contributed by atoms with E-state index in [2.05, 4.69) is 18.0 Å².